The van der Waals surface area contributed by atoms with Crippen LogP contribution in [0.3, 0.4) is 0 Å². The highest BCUT2D eigenvalue weighted by Crippen LogP contribution is 2.28. The SMILES string of the molecule is CCN(C(=O)C(=O)N1CCN(c2ccccc2OC)CC1)C1CCS(=O)(=O)C1. The molecule has 9 heteroatoms. The van der Waals surface area contributed by atoms with E-state index in [2.05, 4.69) is 4.90 Å². The normalized spacial score (nSPS) is 21.4. The molecule has 2 heterocycles. The van der Waals surface area contributed by atoms with Gasteiger partial charge < -0.3 is 19.4 Å². The maximum Gasteiger partial charge on any atom is 0.312 e. The standard InChI is InChI=1S/C19H27N3O5S/c1-3-22(15-8-13-28(25,26)14-15)19(24)18(23)21-11-9-20(10-12-21)16-6-4-5-7-17(16)27-2/h4-7,15H,3,8-14H2,1-2H3. The second-order valence-electron chi connectivity index (χ2n) is 7.10. The number of likely N-dealkylation sites (N-methyl/N-ethyl adjacent to an activating group) is 1. The number of piperazine rings is 1. The topological polar surface area (TPSA) is 87.2 Å². The van der Waals surface area contributed by atoms with Crippen molar-refractivity contribution in [1.82, 2.24) is 9.80 Å². The van der Waals surface area contributed by atoms with Crippen molar-refractivity contribution in [2.24, 2.45) is 0 Å². The van der Waals surface area contributed by atoms with Gasteiger partial charge in [-0.2, -0.15) is 0 Å². The van der Waals surface area contributed by atoms with E-state index in [-0.39, 0.29) is 11.5 Å². The molecule has 0 saturated carbocycles. The first-order valence-electron chi connectivity index (χ1n) is 9.54. The zero-order valence-electron chi connectivity index (χ0n) is 16.3. The summed E-state index contributed by atoms with van der Waals surface area (Å²) in [6.07, 6.45) is 0.400. The number of rotatable bonds is 4. The largest absolute Gasteiger partial charge is 0.495 e. The summed E-state index contributed by atoms with van der Waals surface area (Å²) in [6, 6.07) is 7.31. The van der Waals surface area contributed by atoms with Crippen molar-refractivity contribution < 1.29 is 22.7 Å². The maximum absolute atomic E-state index is 12.7. The van der Waals surface area contributed by atoms with E-state index in [1.165, 1.54) is 4.90 Å². The lowest BCUT2D eigenvalue weighted by molar-refractivity contribution is -0.153. The Morgan fingerprint density at radius 3 is 2.43 bits per heavy atom. The van der Waals surface area contributed by atoms with Gasteiger partial charge in [0.25, 0.3) is 0 Å². The zero-order valence-corrected chi connectivity index (χ0v) is 17.2. The molecule has 0 radical (unpaired) electrons. The molecule has 2 aliphatic rings. The minimum absolute atomic E-state index is 0.0541. The van der Waals surface area contributed by atoms with Crippen LogP contribution in [0, 0.1) is 0 Å². The van der Waals surface area contributed by atoms with Crippen molar-refractivity contribution in [2.75, 3.05) is 56.2 Å². The third-order valence-corrected chi connectivity index (χ3v) is 7.18. The maximum atomic E-state index is 12.7. The van der Waals surface area contributed by atoms with Gasteiger partial charge in [0, 0.05) is 38.8 Å². The fourth-order valence-electron chi connectivity index (χ4n) is 3.89. The third-order valence-electron chi connectivity index (χ3n) is 5.43. The van der Waals surface area contributed by atoms with Crippen LogP contribution in [0.5, 0.6) is 5.75 Å². The molecule has 8 nitrogen and oxygen atoms in total. The van der Waals surface area contributed by atoms with Gasteiger partial charge in [0.15, 0.2) is 9.84 Å². The van der Waals surface area contributed by atoms with Crippen LogP contribution in [0.15, 0.2) is 24.3 Å². The number of para-hydroxylation sites is 2. The van der Waals surface area contributed by atoms with Gasteiger partial charge in [-0.05, 0) is 25.5 Å². The van der Waals surface area contributed by atoms with Gasteiger partial charge in [-0.25, -0.2) is 8.42 Å². The van der Waals surface area contributed by atoms with E-state index in [1.54, 1.807) is 18.9 Å². The van der Waals surface area contributed by atoms with Crippen molar-refractivity contribution in [1.29, 1.82) is 0 Å². The molecule has 28 heavy (non-hydrogen) atoms. The molecule has 154 valence electrons. The number of hydrogen-bond acceptors (Lipinski definition) is 6. The first-order valence-corrected chi connectivity index (χ1v) is 11.4. The zero-order chi connectivity index (χ0) is 20.3. The smallest absolute Gasteiger partial charge is 0.312 e. The van der Waals surface area contributed by atoms with E-state index in [9.17, 15) is 18.0 Å². The molecule has 0 aromatic heterocycles. The minimum Gasteiger partial charge on any atom is -0.495 e. The van der Waals surface area contributed by atoms with E-state index < -0.39 is 27.7 Å². The number of carbonyl (C=O) groups excluding carboxylic acids is 2. The summed E-state index contributed by atoms with van der Waals surface area (Å²) in [7, 11) is -1.49. The molecule has 1 atom stereocenters. The molecule has 1 aromatic carbocycles. The Kier molecular flexibility index (Phi) is 6.12. The predicted octanol–water partition coefficient (Wildman–Crippen LogP) is 0.379. The van der Waals surface area contributed by atoms with Crippen LogP contribution in [-0.2, 0) is 19.4 Å². The molecule has 0 bridgehead atoms. The highest BCUT2D eigenvalue weighted by Gasteiger charge is 2.37. The average molecular weight is 410 g/mol. The number of sulfone groups is 1. The molecule has 3 rings (SSSR count). The van der Waals surface area contributed by atoms with E-state index >= 15 is 0 Å². The number of hydrogen-bond donors (Lipinski definition) is 0. The average Bonchev–Trinajstić information content (AvgIpc) is 3.07. The Hall–Kier alpha value is -2.29. The van der Waals surface area contributed by atoms with Crippen LogP contribution >= 0.6 is 0 Å². The van der Waals surface area contributed by atoms with Crippen molar-refractivity contribution in [3.8, 4) is 5.75 Å². The molecule has 2 saturated heterocycles. The quantitative estimate of drug-likeness (QED) is 0.668. The Balaban J connectivity index is 1.62. The molecule has 0 aliphatic carbocycles. The number of benzene rings is 1. The van der Waals surface area contributed by atoms with Crippen LogP contribution in [0.2, 0.25) is 0 Å². The van der Waals surface area contributed by atoms with Crippen LogP contribution in [0.4, 0.5) is 5.69 Å². The van der Waals surface area contributed by atoms with E-state index in [1.807, 2.05) is 24.3 Å². The van der Waals surface area contributed by atoms with Gasteiger partial charge in [-0.1, -0.05) is 12.1 Å². The Bertz CT molecular complexity index is 834. The number of ether oxygens (including phenoxy) is 1. The Morgan fingerprint density at radius 2 is 1.86 bits per heavy atom. The number of amides is 2. The van der Waals surface area contributed by atoms with Crippen molar-refractivity contribution in [3.05, 3.63) is 24.3 Å². The first kappa shape index (κ1) is 20.4. The number of methoxy groups -OCH3 is 1. The first-order chi connectivity index (χ1) is 13.4. The molecule has 2 aliphatic heterocycles. The Morgan fingerprint density at radius 1 is 1.18 bits per heavy atom. The van der Waals surface area contributed by atoms with Crippen LogP contribution in [0.25, 0.3) is 0 Å². The summed E-state index contributed by atoms with van der Waals surface area (Å²) in [5.41, 5.74) is 0.967. The number of nitrogens with zero attached hydrogens (tertiary/aromatic N) is 3. The number of carbonyl (C=O) groups is 2. The lowest BCUT2D eigenvalue weighted by Crippen LogP contribution is -2.55. The molecule has 1 aromatic rings. The monoisotopic (exact) mass is 409 g/mol. The fourth-order valence-corrected chi connectivity index (χ4v) is 5.62. The third kappa shape index (κ3) is 4.24. The van der Waals surface area contributed by atoms with E-state index in [0.717, 1.165) is 11.4 Å². The second kappa shape index (κ2) is 8.38. The summed E-state index contributed by atoms with van der Waals surface area (Å²) in [5, 5.41) is 0. The summed E-state index contributed by atoms with van der Waals surface area (Å²) < 4.78 is 28.9. The van der Waals surface area contributed by atoms with E-state index in [4.69, 9.17) is 4.74 Å². The van der Waals surface area contributed by atoms with Crippen LogP contribution in [-0.4, -0.2) is 87.4 Å². The molecule has 2 fully saturated rings. The highest BCUT2D eigenvalue weighted by atomic mass is 32.2. The van der Waals surface area contributed by atoms with Crippen LogP contribution < -0.4 is 9.64 Å². The van der Waals surface area contributed by atoms with Crippen LogP contribution in [0.1, 0.15) is 13.3 Å². The van der Waals surface area contributed by atoms with Crippen molar-refractivity contribution >= 4 is 27.3 Å². The van der Waals surface area contributed by atoms with Crippen molar-refractivity contribution in [2.45, 2.75) is 19.4 Å². The Labute approximate surface area is 166 Å². The lowest BCUT2D eigenvalue weighted by Gasteiger charge is -2.37. The number of anilines is 1. The summed E-state index contributed by atoms with van der Waals surface area (Å²) >= 11 is 0. The lowest BCUT2D eigenvalue weighted by atomic mass is 10.2. The summed E-state index contributed by atoms with van der Waals surface area (Å²) in [6.45, 7) is 4.17. The van der Waals surface area contributed by atoms with Gasteiger partial charge in [0.05, 0.1) is 24.3 Å². The van der Waals surface area contributed by atoms with Gasteiger partial charge in [0.2, 0.25) is 0 Å². The molecule has 0 spiro atoms. The van der Waals surface area contributed by atoms with Crippen molar-refractivity contribution in [3.63, 3.8) is 0 Å². The van der Waals surface area contributed by atoms with Gasteiger partial charge in [-0.15, -0.1) is 0 Å². The minimum atomic E-state index is -3.12. The molecule has 2 amide bonds. The molecular weight excluding hydrogens is 382 g/mol. The van der Waals surface area contributed by atoms with E-state index in [0.29, 0.717) is 39.1 Å². The van der Waals surface area contributed by atoms with Gasteiger partial charge in [0.1, 0.15) is 5.75 Å². The summed E-state index contributed by atoms with van der Waals surface area (Å²) in [4.78, 5) is 30.6. The van der Waals surface area contributed by atoms with Gasteiger partial charge >= 0.3 is 11.8 Å². The molecule has 0 N–H and O–H groups in total. The second-order valence-corrected chi connectivity index (χ2v) is 9.33. The van der Waals surface area contributed by atoms with Gasteiger partial charge in [-0.3, -0.25) is 9.59 Å². The predicted molar refractivity (Wildman–Crippen MR) is 106 cm³/mol. The molecular formula is C19H27N3O5S. The fraction of sp³-hybridized carbons (Fsp3) is 0.579. The highest BCUT2D eigenvalue weighted by molar-refractivity contribution is 7.91. The molecule has 1 unspecified atom stereocenters. The summed E-state index contributed by atoms with van der Waals surface area (Å²) in [5.74, 6) is -0.353.